The molecule has 4 unspecified atom stereocenters. The van der Waals surface area contributed by atoms with Crippen LogP contribution in [0.4, 0.5) is 0 Å². The molecule has 2 aromatic rings. The fraction of sp³-hybridized carbons (Fsp3) is 0.500. The van der Waals surface area contributed by atoms with E-state index in [4.69, 9.17) is 5.73 Å². The molecule has 0 saturated heterocycles. The summed E-state index contributed by atoms with van der Waals surface area (Å²) in [6.07, 6.45) is 1.28. The van der Waals surface area contributed by atoms with Crippen LogP contribution in [0.3, 0.4) is 0 Å². The first kappa shape index (κ1) is 30.3. The highest BCUT2D eigenvalue weighted by Crippen LogP contribution is 2.19. The highest BCUT2D eigenvalue weighted by Gasteiger charge is 2.33. The van der Waals surface area contributed by atoms with Gasteiger partial charge in [-0.15, -0.1) is 0 Å². The Labute approximate surface area is 220 Å². The lowest BCUT2D eigenvalue weighted by Crippen LogP contribution is -2.59. The normalized spacial score (nSPS) is 14.5. The Bertz CT molecular complexity index is 1160. The Kier molecular flexibility index (Phi) is 10.8. The number of H-pyrrole nitrogens is 1. The van der Waals surface area contributed by atoms with Gasteiger partial charge in [0, 0.05) is 23.5 Å². The molecule has 208 valence electrons. The second-order valence-corrected chi connectivity index (χ2v) is 10.1. The number of carboxylic acids is 2. The van der Waals surface area contributed by atoms with Crippen molar-refractivity contribution in [1.82, 2.24) is 20.9 Å². The summed E-state index contributed by atoms with van der Waals surface area (Å²) in [7, 11) is 0. The van der Waals surface area contributed by atoms with Crippen molar-refractivity contribution in [1.29, 1.82) is 0 Å². The van der Waals surface area contributed by atoms with Gasteiger partial charge in [-0.25, -0.2) is 4.79 Å². The Morgan fingerprint density at radius 2 is 1.53 bits per heavy atom. The highest BCUT2D eigenvalue weighted by atomic mass is 16.4. The number of aromatic nitrogens is 1. The van der Waals surface area contributed by atoms with Gasteiger partial charge in [0.15, 0.2) is 0 Å². The summed E-state index contributed by atoms with van der Waals surface area (Å²) in [5, 5.41) is 27.1. The summed E-state index contributed by atoms with van der Waals surface area (Å²) < 4.78 is 0. The standard InChI is InChI=1S/C26H37N5O7/c1-13(2)9-17(27)23(34)29-19(11-21(32)33)24(35)31-22(14(3)4)25(36)30-20(26(37)38)10-15-12-28-18-8-6-5-7-16(15)18/h5-8,12-14,17,19-20,22,28H,9-11,27H2,1-4H3,(H,29,34)(H,30,36)(H,31,35)(H,32,33)(H,37,38). The van der Waals surface area contributed by atoms with E-state index in [2.05, 4.69) is 20.9 Å². The van der Waals surface area contributed by atoms with Crippen LogP contribution in [0.15, 0.2) is 30.5 Å². The van der Waals surface area contributed by atoms with Crippen LogP contribution in [0, 0.1) is 11.8 Å². The molecule has 0 aliphatic rings. The maximum atomic E-state index is 13.1. The molecule has 12 heteroatoms. The van der Waals surface area contributed by atoms with E-state index in [-0.39, 0.29) is 12.3 Å². The molecule has 12 nitrogen and oxygen atoms in total. The smallest absolute Gasteiger partial charge is 0.326 e. The number of rotatable bonds is 14. The second-order valence-electron chi connectivity index (χ2n) is 10.1. The first-order valence-electron chi connectivity index (χ1n) is 12.5. The average molecular weight is 532 g/mol. The highest BCUT2D eigenvalue weighted by molar-refractivity contribution is 5.96. The Hall–Kier alpha value is -3.93. The quantitative estimate of drug-likeness (QED) is 0.185. The summed E-state index contributed by atoms with van der Waals surface area (Å²) in [5.41, 5.74) is 7.37. The largest absolute Gasteiger partial charge is 0.481 e. The van der Waals surface area contributed by atoms with Crippen molar-refractivity contribution in [3.05, 3.63) is 36.0 Å². The Morgan fingerprint density at radius 3 is 2.11 bits per heavy atom. The van der Waals surface area contributed by atoms with Gasteiger partial charge in [-0.1, -0.05) is 45.9 Å². The van der Waals surface area contributed by atoms with Gasteiger partial charge in [0.05, 0.1) is 12.5 Å². The van der Waals surface area contributed by atoms with Crippen LogP contribution in [-0.2, 0) is 30.4 Å². The third-order valence-electron chi connectivity index (χ3n) is 6.03. The number of fused-ring (bicyclic) bond motifs is 1. The van der Waals surface area contributed by atoms with E-state index in [9.17, 15) is 34.2 Å². The van der Waals surface area contributed by atoms with E-state index in [1.54, 1.807) is 20.0 Å². The number of amides is 3. The molecule has 0 aliphatic heterocycles. The predicted octanol–water partition coefficient (Wildman–Crippen LogP) is 0.754. The van der Waals surface area contributed by atoms with Crippen LogP contribution in [0.25, 0.3) is 10.9 Å². The number of benzene rings is 1. The second kappa shape index (κ2) is 13.6. The molecule has 1 aromatic carbocycles. The van der Waals surface area contributed by atoms with Crippen LogP contribution in [0.2, 0.25) is 0 Å². The van der Waals surface area contributed by atoms with E-state index < -0.39 is 66.2 Å². The molecule has 38 heavy (non-hydrogen) atoms. The predicted molar refractivity (Wildman–Crippen MR) is 140 cm³/mol. The summed E-state index contributed by atoms with van der Waals surface area (Å²) >= 11 is 0. The number of carboxylic acid groups (broad SMARTS) is 2. The van der Waals surface area contributed by atoms with Crippen molar-refractivity contribution in [3.8, 4) is 0 Å². The Balaban J connectivity index is 2.15. The molecule has 0 aliphatic carbocycles. The van der Waals surface area contributed by atoms with Gasteiger partial charge in [-0.05, 0) is 29.9 Å². The lowest BCUT2D eigenvalue weighted by molar-refractivity contribution is -0.143. The van der Waals surface area contributed by atoms with Crippen molar-refractivity contribution >= 4 is 40.6 Å². The van der Waals surface area contributed by atoms with Crippen LogP contribution in [0.5, 0.6) is 0 Å². The fourth-order valence-corrected chi connectivity index (χ4v) is 4.05. The first-order valence-corrected chi connectivity index (χ1v) is 12.5. The number of aliphatic carboxylic acids is 2. The zero-order valence-corrected chi connectivity index (χ0v) is 22.0. The molecule has 0 spiro atoms. The van der Waals surface area contributed by atoms with Crippen LogP contribution in [0.1, 0.15) is 46.1 Å². The van der Waals surface area contributed by atoms with Gasteiger partial charge in [-0.2, -0.15) is 0 Å². The van der Waals surface area contributed by atoms with Gasteiger partial charge in [0.25, 0.3) is 0 Å². The number of aromatic amines is 1. The minimum Gasteiger partial charge on any atom is -0.481 e. The van der Waals surface area contributed by atoms with Gasteiger partial charge in [-0.3, -0.25) is 19.2 Å². The number of para-hydroxylation sites is 1. The minimum absolute atomic E-state index is 0.00468. The molecule has 4 atom stereocenters. The maximum Gasteiger partial charge on any atom is 0.326 e. The molecule has 0 radical (unpaired) electrons. The number of hydrogen-bond acceptors (Lipinski definition) is 6. The van der Waals surface area contributed by atoms with Gasteiger partial charge < -0.3 is 36.9 Å². The zero-order chi connectivity index (χ0) is 28.6. The SMILES string of the molecule is CC(C)CC(N)C(=O)NC(CC(=O)O)C(=O)NC(C(=O)NC(Cc1c[nH]c2ccccc12)C(=O)O)C(C)C. The summed E-state index contributed by atoms with van der Waals surface area (Å²) in [6, 6.07) is 2.45. The van der Waals surface area contributed by atoms with Crippen molar-refractivity contribution in [2.45, 2.75) is 71.1 Å². The third-order valence-corrected chi connectivity index (χ3v) is 6.03. The van der Waals surface area contributed by atoms with E-state index in [1.807, 2.05) is 38.1 Å². The van der Waals surface area contributed by atoms with Crippen molar-refractivity contribution in [2.75, 3.05) is 0 Å². The van der Waals surface area contributed by atoms with Crippen LogP contribution >= 0.6 is 0 Å². The molecule has 0 saturated carbocycles. The zero-order valence-electron chi connectivity index (χ0n) is 22.0. The number of nitrogens with two attached hydrogens (primary N) is 1. The summed E-state index contributed by atoms with van der Waals surface area (Å²) in [6.45, 7) is 7.01. The van der Waals surface area contributed by atoms with Gasteiger partial charge >= 0.3 is 11.9 Å². The van der Waals surface area contributed by atoms with Crippen molar-refractivity contribution in [2.24, 2.45) is 17.6 Å². The molecular weight excluding hydrogens is 494 g/mol. The lowest BCUT2D eigenvalue weighted by Gasteiger charge is -2.26. The topological polar surface area (TPSA) is 204 Å². The third kappa shape index (κ3) is 8.58. The maximum absolute atomic E-state index is 13.1. The number of hydrogen-bond donors (Lipinski definition) is 7. The number of carbonyl (C=O) groups is 5. The lowest BCUT2D eigenvalue weighted by atomic mass is 10.00. The van der Waals surface area contributed by atoms with Crippen LogP contribution in [-0.4, -0.2) is 69.0 Å². The van der Waals surface area contributed by atoms with E-state index >= 15 is 0 Å². The van der Waals surface area contributed by atoms with Gasteiger partial charge in [0.2, 0.25) is 17.7 Å². The van der Waals surface area contributed by atoms with Crippen molar-refractivity contribution < 1.29 is 34.2 Å². The number of nitrogens with one attached hydrogen (secondary N) is 4. The summed E-state index contributed by atoms with van der Waals surface area (Å²) in [4.78, 5) is 64.9. The minimum atomic E-state index is -1.48. The average Bonchev–Trinajstić information content (AvgIpc) is 3.23. The first-order chi connectivity index (χ1) is 17.8. The molecule has 8 N–H and O–H groups in total. The number of carbonyl (C=O) groups excluding carboxylic acids is 3. The van der Waals surface area contributed by atoms with E-state index in [0.717, 1.165) is 10.9 Å². The molecule has 2 rings (SSSR count). The Morgan fingerprint density at radius 1 is 0.895 bits per heavy atom. The molecule has 0 bridgehead atoms. The summed E-state index contributed by atoms with van der Waals surface area (Å²) in [5.74, 6) is -5.30. The molecular formula is C26H37N5O7. The fourth-order valence-electron chi connectivity index (χ4n) is 4.05. The molecule has 1 heterocycles. The monoisotopic (exact) mass is 531 g/mol. The van der Waals surface area contributed by atoms with Crippen molar-refractivity contribution in [3.63, 3.8) is 0 Å². The van der Waals surface area contributed by atoms with Gasteiger partial charge in [0.1, 0.15) is 18.1 Å². The molecule has 1 aromatic heterocycles. The van der Waals surface area contributed by atoms with E-state index in [0.29, 0.717) is 12.0 Å². The molecule has 3 amide bonds. The van der Waals surface area contributed by atoms with E-state index in [1.165, 1.54) is 0 Å². The molecule has 0 fully saturated rings. The van der Waals surface area contributed by atoms with Crippen LogP contribution < -0.4 is 21.7 Å².